The molecule has 0 aliphatic carbocycles. The van der Waals surface area contributed by atoms with Gasteiger partial charge in [0.05, 0.1) is 23.7 Å². The molecule has 0 spiro atoms. The summed E-state index contributed by atoms with van der Waals surface area (Å²) in [5.41, 5.74) is 1.53. The van der Waals surface area contributed by atoms with Crippen LogP contribution >= 0.6 is 27.3 Å². The number of hydrogen-bond donors (Lipinski definition) is 0. The molecule has 2 heterocycles. The predicted octanol–water partition coefficient (Wildman–Crippen LogP) is 3.24. The highest BCUT2D eigenvalue weighted by Crippen LogP contribution is 2.28. The number of ether oxygens (including phenoxy) is 1. The Kier molecular flexibility index (Phi) is 4.03. The number of hydrogen-bond acceptors (Lipinski definition) is 5. The van der Waals surface area contributed by atoms with Gasteiger partial charge in [0.25, 0.3) is 0 Å². The fourth-order valence-electron chi connectivity index (χ4n) is 2.07. The van der Waals surface area contributed by atoms with Gasteiger partial charge >= 0.3 is 6.09 Å². The fraction of sp³-hybridized carbons (Fsp3) is 0.214. The first-order valence-corrected chi connectivity index (χ1v) is 7.88. The fourth-order valence-corrected chi connectivity index (χ4v) is 3.50. The van der Waals surface area contributed by atoms with Gasteiger partial charge in [-0.15, -0.1) is 11.3 Å². The van der Waals surface area contributed by atoms with E-state index in [1.807, 2.05) is 30.3 Å². The van der Waals surface area contributed by atoms with Crippen molar-refractivity contribution in [2.75, 3.05) is 6.54 Å². The molecular weight excluding hydrogens is 356 g/mol. The van der Waals surface area contributed by atoms with E-state index in [0.29, 0.717) is 21.0 Å². The monoisotopic (exact) mass is 366 g/mol. The molecule has 108 valence electrons. The molecule has 1 aliphatic heterocycles. The molecule has 0 fully saturated rings. The minimum absolute atomic E-state index is 0.0370. The third-order valence-corrected chi connectivity index (χ3v) is 4.65. The first-order valence-electron chi connectivity index (χ1n) is 6.27. The third-order valence-electron chi connectivity index (χ3n) is 3.06. The van der Waals surface area contributed by atoms with Crippen molar-refractivity contribution < 1.29 is 14.3 Å². The van der Waals surface area contributed by atoms with Crippen LogP contribution in [0, 0.1) is 0 Å². The van der Waals surface area contributed by atoms with Crippen molar-refractivity contribution >= 4 is 39.1 Å². The zero-order valence-corrected chi connectivity index (χ0v) is 13.3. The summed E-state index contributed by atoms with van der Waals surface area (Å²) in [6.07, 6.45) is -0.498. The Labute approximate surface area is 133 Å². The molecule has 0 N–H and O–H groups in total. The highest BCUT2D eigenvalue weighted by Gasteiger charge is 2.30. The Bertz CT molecular complexity index is 687. The molecule has 0 radical (unpaired) electrons. The van der Waals surface area contributed by atoms with Crippen molar-refractivity contribution in [2.45, 2.75) is 13.2 Å². The van der Waals surface area contributed by atoms with Gasteiger partial charge in [-0.1, -0.05) is 30.3 Å². The lowest BCUT2D eigenvalue weighted by Crippen LogP contribution is -2.39. The molecule has 0 bridgehead atoms. The smallest absolute Gasteiger partial charge is 0.410 e. The summed E-state index contributed by atoms with van der Waals surface area (Å²) in [5.74, 6) is -0.101. The topological polar surface area (TPSA) is 59.5 Å². The van der Waals surface area contributed by atoms with Crippen LogP contribution < -0.4 is 0 Å². The molecule has 1 aliphatic rings. The van der Waals surface area contributed by atoms with Crippen molar-refractivity contribution in [3.63, 3.8) is 0 Å². The molecule has 2 aromatic rings. The van der Waals surface area contributed by atoms with Crippen LogP contribution in [0.4, 0.5) is 4.79 Å². The minimum atomic E-state index is -0.498. The second-order valence-corrected chi connectivity index (χ2v) is 6.84. The van der Waals surface area contributed by atoms with E-state index >= 15 is 0 Å². The summed E-state index contributed by atoms with van der Waals surface area (Å²) in [7, 11) is 0. The number of nitrogens with zero attached hydrogens (tertiary/aromatic N) is 2. The van der Waals surface area contributed by atoms with Crippen LogP contribution in [0.1, 0.15) is 20.9 Å². The lowest BCUT2D eigenvalue weighted by atomic mass is 10.2. The van der Waals surface area contributed by atoms with Gasteiger partial charge in [-0.2, -0.15) is 0 Å². The molecule has 0 atom stereocenters. The van der Waals surface area contributed by atoms with Gasteiger partial charge in [-0.05, 0) is 21.5 Å². The van der Waals surface area contributed by atoms with Crippen molar-refractivity contribution in [2.24, 2.45) is 0 Å². The van der Waals surface area contributed by atoms with Crippen LogP contribution in [-0.4, -0.2) is 28.3 Å². The number of amides is 1. The Morgan fingerprint density at radius 3 is 2.86 bits per heavy atom. The number of ketones is 1. The number of Topliss-reactive ketones (excluding diaryl/α,β-unsaturated/α-hetero) is 1. The Morgan fingerprint density at radius 1 is 1.33 bits per heavy atom. The van der Waals surface area contributed by atoms with Crippen LogP contribution in [0.5, 0.6) is 0 Å². The quantitative estimate of drug-likeness (QED) is 0.818. The van der Waals surface area contributed by atoms with E-state index in [-0.39, 0.29) is 18.9 Å². The van der Waals surface area contributed by atoms with Crippen LogP contribution in [0.25, 0.3) is 0 Å². The molecule has 7 heteroatoms. The zero-order valence-electron chi connectivity index (χ0n) is 10.9. The second-order valence-electron chi connectivity index (χ2n) is 4.56. The maximum absolute atomic E-state index is 12.0. The van der Waals surface area contributed by atoms with E-state index < -0.39 is 6.09 Å². The van der Waals surface area contributed by atoms with Crippen LogP contribution in [0.15, 0.2) is 34.2 Å². The zero-order chi connectivity index (χ0) is 14.8. The summed E-state index contributed by atoms with van der Waals surface area (Å²) in [6, 6.07) is 9.42. The number of halogens is 1. The molecule has 0 saturated carbocycles. The summed E-state index contributed by atoms with van der Waals surface area (Å²) in [5, 5.41) is 0. The van der Waals surface area contributed by atoms with Crippen molar-refractivity contribution in [1.29, 1.82) is 0 Å². The summed E-state index contributed by atoms with van der Waals surface area (Å²) < 4.78 is 5.89. The van der Waals surface area contributed by atoms with E-state index in [4.69, 9.17) is 4.74 Å². The molecule has 1 aromatic heterocycles. The highest BCUT2D eigenvalue weighted by molar-refractivity contribution is 9.11. The lowest BCUT2D eigenvalue weighted by Gasteiger charge is -2.24. The van der Waals surface area contributed by atoms with Gasteiger partial charge in [0, 0.05) is 0 Å². The summed E-state index contributed by atoms with van der Waals surface area (Å²) in [6.45, 7) is 0.532. The number of carbonyl (C=O) groups excluding carboxylic acids is 2. The molecule has 0 saturated heterocycles. The number of benzene rings is 1. The Morgan fingerprint density at radius 2 is 2.10 bits per heavy atom. The Balaban J connectivity index is 1.65. The van der Waals surface area contributed by atoms with Crippen LogP contribution in [0.2, 0.25) is 0 Å². The van der Waals surface area contributed by atoms with Crippen LogP contribution in [-0.2, 0) is 17.9 Å². The second kappa shape index (κ2) is 5.95. The largest absolute Gasteiger partial charge is 0.445 e. The highest BCUT2D eigenvalue weighted by atomic mass is 79.9. The normalized spacial score (nSPS) is 14.0. The predicted molar refractivity (Wildman–Crippen MR) is 81.2 cm³/mol. The average molecular weight is 367 g/mol. The molecule has 1 amide bonds. The van der Waals surface area contributed by atoms with Gasteiger partial charge in [0.15, 0.2) is 9.70 Å². The average Bonchev–Trinajstić information content (AvgIpc) is 2.87. The third kappa shape index (κ3) is 3.14. The number of thiazole rings is 1. The van der Waals surface area contributed by atoms with Gasteiger partial charge in [0.2, 0.25) is 0 Å². The first-order chi connectivity index (χ1) is 10.1. The molecule has 1 aromatic carbocycles. The van der Waals surface area contributed by atoms with E-state index in [1.54, 1.807) is 0 Å². The SMILES string of the molecule is O=C1CN(C(=O)OCc2ccccc2)Cc2nc(Br)sc21. The summed E-state index contributed by atoms with van der Waals surface area (Å²) in [4.78, 5) is 30.2. The van der Waals surface area contributed by atoms with E-state index in [1.165, 1.54) is 16.2 Å². The number of carbonyl (C=O) groups is 2. The van der Waals surface area contributed by atoms with Gasteiger partial charge in [-0.25, -0.2) is 9.78 Å². The minimum Gasteiger partial charge on any atom is -0.445 e. The number of rotatable bonds is 2. The molecule has 3 rings (SSSR count). The van der Waals surface area contributed by atoms with E-state index in [0.717, 1.165) is 5.56 Å². The van der Waals surface area contributed by atoms with Gasteiger partial charge in [0.1, 0.15) is 6.61 Å². The molecule has 5 nitrogen and oxygen atoms in total. The number of aromatic nitrogens is 1. The molecule has 21 heavy (non-hydrogen) atoms. The van der Waals surface area contributed by atoms with Gasteiger partial charge in [-0.3, -0.25) is 9.69 Å². The van der Waals surface area contributed by atoms with Crippen molar-refractivity contribution in [1.82, 2.24) is 9.88 Å². The Hall–Kier alpha value is -1.73. The molecule has 0 unspecified atom stereocenters. The summed E-state index contributed by atoms with van der Waals surface area (Å²) >= 11 is 4.56. The van der Waals surface area contributed by atoms with Crippen molar-refractivity contribution in [3.05, 3.63) is 50.4 Å². The standard InChI is InChI=1S/C14H11BrN2O3S/c15-13-16-10-6-17(7-11(18)12(10)21-13)14(19)20-8-9-4-2-1-3-5-9/h1-5H,6-8H2. The van der Waals surface area contributed by atoms with E-state index in [9.17, 15) is 9.59 Å². The van der Waals surface area contributed by atoms with Crippen molar-refractivity contribution in [3.8, 4) is 0 Å². The van der Waals surface area contributed by atoms with Crippen LogP contribution in [0.3, 0.4) is 0 Å². The first kappa shape index (κ1) is 14.2. The van der Waals surface area contributed by atoms with E-state index in [2.05, 4.69) is 20.9 Å². The maximum atomic E-state index is 12.0. The maximum Gasteiger partial charge on any atom is 0.410 e. The molecular formula is C14H11BrN2O3S. The number of fused-ring (bicyclic) bond motifs is 1. The lowest BCUT2D eigenvalue weighted by molar-refractivity contribution is 0.0756. The van der Waals surface area contributed by atoms with Gasteiger partial charge < -0.3 is 4.74 Å².